The molecule has 0 radical (unpaired) electrons. The lowest BCUT2D eigenvalue weighted by Gasteiger charge is -2.38. The summed E-state index contributed by atoms with van der Waals surface area (Å²) in [5.41, 5.74) is 1.24. The molecule has 27 heavy (non-hydrogen) atoms. The van der Waals surface area contributed by atoms with Gasteiger partial charge in [0.25, 0.3) is 5.91 Å². The topological polar surface area (TPSA) is 44.8 Å². The van der Waals surface area contributed by atoms with E-state index >= 15 is 0 Å². The summed E-state index contributed by atoms with van der Waals surface area (Å²) in [5.74, 6) is 0.278. The highest BCUT2D eigenvalue weighted by atomic mass is 35.5. The molecule has 2 aromatic rings. The maximum Gasteiger partial charge on any atom is 0.258 e. The number of hydrogen-bond acceptors (Lipinski definition) is 5. The molecule has 2 heterocycles. The molecule has 8 heteroatoms. The third kappa shape index (κ3) is 5.83. The standard InChI is InChI=1S/C19H23Cl2N3O2S/c1-23-5-7-24(8-6-23)17(14-4-9-27-13-14)11-22-19(25)12-26-18-3-2-15(20)10-16(18)21/h2-4,9-10,13,17H,5-8,11-12H2,1H3,(H,22,25). The zero-order chi connectivity index (χ0) is 19.2. The number of likely N-dealkylation sites (N-methyl/N-ethyl adjacent to an activating group) is 1. The van der Waals surface area contributed by atoms with Crippen molar-refractivity contribution >= 4 is 40.4 Å². The molecule has 1 unspecified atom stereocenters. The third-order valence-electron chi connectivity index (χ3n) is 4.65. The van der Waals surface area contributed by atoms with Gasteiger partial charge in [0.05, 0.1) is 11.1 Å². The van der Waals surface area contributed by atoms with Gasteiger partial charge in [-0.25, -0.2) is 0 Å². The summed E-state index contributed by atoms with van der Waals surface area (Å²) in [7, 11) is 2.14. The molecule has 0 aliphatic carbocycles. The minimum absolute atomic E-state index is 0.0829. The summed E-state index contributed by atoms with van der Waals surface area (Å²) in [6.45, 7) is 4.52. The number of halogens is 2. The van der Waals surface area contributed by atoms with E-state index < -0.39 is 0 Å². The minimum atomic E-state index is -0.171. The Labute approximate surface area is 173 Å². The molecule has 1 fully saturated rings. The highest BCUT2D eigenvalue weighted by Crippen LogP contribution is 2.27. The van der Waals surface area contributed by atoms with Gasteiger partial charge in [0.2, 0.25) is 0 Å². The van der Waals surface area contributed by atoms with Crippen LogP contribution in [-0.4, -0.2) is 62.1 Å². The summed E-state index contributed by atoms with van der Waals surface area (Å²) in [6, 6.07) is 7.24. The highest BCUT2D eigenvalue weighted by molar-refractivity contribution is 7.08. The fourth-order valence-corrected chi connectivity index (χ4v) is 4.22. The largest absolute Gasteiger partial charge is 0.482 e. The molecule has 1 aromatic heterocycles. The van der Waals surface area contributed by atoms with Gasteiger partial charge in [0, 0.05) is 37.7 Å². The minimum Gasteiger partial charge on any atom is -0.482 e. The molecule has 1 aromatic carbocycles. The Morgan fingerprint density at radius 3 is 2.70 bits per heavy atom. The van der Waals surface area contributed by atoms with E-state index in [-0.39, 0.29) is 18.6 Å². The molecule has 3 rings (SSSR count). The summed E-state index contributed by atoms with van der Waals surface area (Å²) in [4.78, 5) is 17.0. The van der Waals surface area contributed by atoms with Crippen LogP contribution in [0.2, 0.25) is 10.0 Å². The number of nitrogens with zero attached hydrogens (tertiary/aromatic N) is 2. The van der Waals surface area contributed by atoms with Gasteiger partial charge in [0.1, 0.15) is 5.75 Å². The maximum absolute atomic E-state index is 12.3. The van der Waals surface area contributed by atoms with Crippen LogP contribution in [0.15, 0.2) is 35.0 Å². The number of nitrogens with one attached hydrogen (secondary N) is 1. The highest BCUT2D eigenvalue weighted by Gasteiger charge is 2.24. The molecule has 0 bridgehead atoms. The quantitative estimate of drug-likeness (QED) is 0.733. The molecule has 1 aliphatic heterocycles. The number of piperazine rings is 1. The number of benzene rings is 1. The first-order chi connectivity index (χ1) is 13.0. The lowest BCUT2D eigenvalue weighted by atomic mass is 10.1. The second-order valence-corrected chi connectivity index (χ2v) is 8.20. The van der Waals surface area contributed by atoms with Crippen molar-refractivity contribution in [3.63, 3.8) is 0 Å². The fourth-order valence-electron chi connectivity index (χ4n) is 3.05. The summed E-state index contributed by atoms with van der Waals surface area (Å²) < 4.78 is 5.52. The van der Waals surface area contributed by atoms with E-state index in [2.05, 4.69) is 39.0 Å². The molecule has 1 N–H and O–H groups in total. The van der Waals surface area contributed by atoms with E-state index in [0.29, 0.717) is 22.3 Å². The van der Waals surface area contributed by atoms with E-state index in [4.69, 9.17) is 27.9 Å². The Bertz CT molecular complexity index is 749. The van der Waals surface area contributed by atoms with Crippen LogP contribution in [0.25, 0.3) is 0 Å². The first-order valence-corrected chi connectivity index (χ1v) is 10.5. The van der Waals surface area contributed by atoms with E-state index in [0.717, 1.165) is 26.2 Å². The molecule has 5 nitrogen and oxygen atoms in total. The third-order valence-corrected chi connectivity index (χ3v) is 5.88. The van der Waals surface area contributed by atoms with Crippen molar-refractivity contribution in [2.45, 2.75) is 6.04 Å². The fraction of sp³-hybridized carbons (Fsp3) is 0.421. The summed E-state index contributed by atoms with van der Waals surface area (Å²) in [6.07, 6.45) is 0. The smallest absolute Gasteiger partial charge is 0.258 e. The van der Waals surface area contributed by atoms with Gasteiger partial charge in [-0.15, -0.1) is 0 Å². The first kappa shape index (κ1) is 20.4. The first-order valence-electron chi connectivity index (χ1n) is 8.82. The second kappa shape index (κ2) is 9.75. The molecule has 0 spiro atoms. The van der Waals surface area contributed by atoms with Gasteiger partial charge >= 0.3 is 0 Å². The number of amides is 1. The van der Waals surface area contributed by atoms with Crippen molar-refractivity contribution in [1.82, 2.24) is 15.1 Å². The lowest BCUT2D eigenvalue weighted by Crippen LogP contribution is -2.48. The summed E-state index contributed by atoms with van der Waals surface area (Å²) in [5, 5.41) is 8.15. The SMILES string of the molecule is CN1CCN(C(CNC(=O)COc2ccc(Cl)cc2Cl)c2ccsc2)CC1. The molecular formula is C19H23Cl2N3O2S. The average molecular weight is 428 g/mol. The van der Waals surface area contributed by atoms with Gasteiger partial charge in [-0.2, -0.15) is 11.3 Å². The Hall–Kier alpha value is -1.31. The molecule has 1 aliphatic rings. The van der Waals surface area contributed by atoms with E-state index in [1.165, 1.54) is 5.56 Å². The monoisotopic (exact) mass is 427 g/mol. The predicted molar refractivity (Wildman–Crippen MR) is 111 cm³/mol. The van der Waals surface area contributed by atoms with Crippen LogP contribution in [-0.2, 0) is 4.79 Å². The Balaban J connectivity index is 1.54. The molecular weight excluding hydrogens is 405 g/mol. The van der Waals surface area contributed by atoms with Crippen LogP contribution in [0.5, 0.6) is 5.75 Å². The normalized spacial score (nSPS) is 16.9. The van der Waals surface area contributed by atoms with Crippen LogP contribution >= 0.6 is 34.5 Å². The molecule has 1 amide bonds. The Morgan fingerprint density at radius 2 is 2.04 bits per heavy atom. The Morgan fingerprint density at radius 1 is 1.26 bits per heavy atom. The van der Waals surface area contributed by atoms with Crippen molar-refractivity contribution in [1.29, 1.82) is 0 Å². The molecule has 0 saturated carbocycles. The number of thiophene rings is 1. The van der Waals surface area contributed by atoms with Crippen LogP contribution in [0.1, 0.15) is 11.6 Å². The van der Waals surface area contributed by atoms with Gasteiger partial charge in [-0.3, -0.25) is 9.69 Å². The number of carbonyl (C=O) groups excluding carboxylic acids is 1. The predicted octanol–water partition coefficient (Wildman–Crippen LogP) is 3.54. The molecule has 146 valence electrons. The van der Waals surface area contributed by atoms with E-state index in [1.807, 2.05) is 0 Å². The van der Waals surface area contributed by atoms with Crippen molar-refractivity contribution in [3.8, 4) is 5.75 Å². The molecule has 1 atom stereocenters. The van der Waals surface area contributed by atoms with Crippen molar-refractivity contribution in [2.24, 2.45) is 0 Å². The zero-order valence-corrected chi connectivity index (χ0v) is 17.5. The van der Waals surface area contributed by atoms with Gasteiger partial charge in [-0.05, 0) is 47.6 Å². The average Bonchev–Trinajstić information content (AvgIpc) is 3.17. The zero-order valence-electron chi connectivity index (χ0n) is 15.2. The Kier molecular flexibility index (Phi) is 7.38. The van der Waals surface area contributed by atoms with Crippen molar-refractivity contribution in [2.75, 3.05) is 46.4 Å². The summed E-state index contributed by atoms with van der Waals surface area (Å²) >= 11 is 13.6. The number of ether oxygens (including phenoxy) is 1. The van der Waals surface area contributed by atoms with Gasteiger partial charge < -0.3 is 15.0 Å². The van der Waals surface area contributed by atoms with Crippen LogP contribution in [0, 0.1) is 0 Å². The van der Waals surface area contributed by atoms with Crippen molar-refractivity contribution < 1.29 is 9.53 Å². The second-order valence-electron chi connectivity index (χ2n) is 6.58. The number of carbonyl (C=O) groups is 1. The molecule has 1 saturated heterocycles. The number of rotatable bonds is 7. The van der Waals surface area contributed by atoms with Gasteiger partial charge in [0.15, 0.2) is 6.61 Å². The number of hydrogen-bond donors (Lipinski definition) is 1. The van der Waals surface area contributed by atoms with Crippen LogP contribution in [0.4, 0.5) is 0 Å². The van der Waals surface area contributed by atoms with Crippen LogP contribution < -0.4 is 10.1 Å². The van der Waals surface area contributed by atoms with Gasteiger partial charge in [-0.1, -0.05) is 23.2 Å². The lowest BCUT2D eigenvalue weighted by molar-refractivity contribution is -0.123. The van der Waals surface area contributed by atoms with Crippen molar-refractivity contribution in [3.05, 3.63) is 50.6 Å². The van der Waals surface area contributed by atoms with E-state index in [9.17, 15) is 4.79 Å². The maximum atomic E-state index is 12.3. The van der Waals surface area contributed by atoms with E-state index in [1.54, 1.807) is 29.5 Å². The van der Waals surface area contributed by atoms with Crippen LogP contribution in [0.3, 0.4) is 0 Å².